The van der Waals surface area contributed by atoms with Crippen LogP contribution in [-0.4, -0.2) is 61.5 Å². The molecule has 1 fully saturated rings. The van der Waals surface area contributed by atoms with Gasteiger partial charge in [-0.1, -0.05) is 15.9 Å². The fraction of sp³-hybridized carbons (Fsp3) is 0.368. The van der Waals surface area contributed by atoms with Gasteiger partial charge in [-0.15, -0.1) is 0 Å². The van der Waals surface area contributed by atoms with E-state index in [4.69, 9.17) is 14.2 Å². The van der Waals surface area contributed by atoms with Crippen LogP contribution in [0.5, 0.6) is 11.5 Å². The first-order valence-electron chi connectivity index (χ1n) is 8.68. The van der Waals surface area contributed by atoms with Crippen molar-refractivity contribution in [2.75, 3.05) is 27.4 Å². The number of esters is 2. The number of benzene rings is 1. The van der Waals surface area contributed by atoms with Crippen molar-refractivity contribution in [3.8, 4) is 11.5 Å². The number of nitrogens with zero attached hydrogens (tertiary/aromatic N) is 1. The molecule has 0 spiro atoms. The van der Waals surface area contributed by atoms with Crippen LogP contribution < -0.4 is 9.47 Å². The molecule has 162 valence electrons. The Morgan fingerprint density at radius 3 is 2.47 bits per heavy atom. The quantitative estimate of drug-likeness (QED) is 0.392. The molecule has 0 atom stereocenters. The molecule has 1 aromatic carbocycles. The molecule has 2 amide bonds. The molecule has 30 heavy (non-hydrogen) atoms. The number of halogens is 1. The molecule has 11 heteroatoms. The summed E-state index contributed by atoms with van der Waals surface area (Å²) in [6.45, 7) is 2.60. The predicted octanol–water partition coefficient (Wildman–Crippen LogP) is 3.00. The molecule has 0 aromatic heterocycles. The van der Waals surface area contributed by atoms with Crippen molar-refractivity contribution in [2.24, 2.45) is 0 Å². The van der Waals surface area contributed by atoms with Crippen LogP contribution in [0.2, 0.25) is 0 Å². The lowest BCUT2D eigenvalue weighted by atomic mass is 10.2. The summed E-state index contributed by atoms with van der Waals surface area (Å²) in [6, 6.07) is 3.15. The fourth-order valence-electron chi connectivity index (χ4n) is 2.34. The third kappa shape index (κ3) is 5.99. The minimum Gasteiger partial charge on any atom is -0.493 e. The summed E-state index contributed by atoms with van der Waals surface area (Å²) < 4.78 is 20.7. The molecule has 9 nitrogen and oxygen atoms in total. The van der Waals surface area contributed by atoms with Gasteiger partial charge in [-0.2, -0.15) is 0 Å². The molecule has 0 aliphatic carbocycles. The number of carbonyl (C=O) groups is 4. The lowest BCUT2D eigenvalue weighted by molar-refractivity contribution is -0.149. The van der Waals surface area contributed by atoms with Crippen molar-refractivity contribution in [1.82, 2.24) is 4.90 Å². The average molecular weight is 502 g/mol. The highest BCUT2D eigenvalue weighted by Crippen LogP contribution is 2.38. The highest BCUT2D eigenvalue weighted by molar-refractivity contribution is 9.10. The van der Waals surface area contributed by atoms with Gasteiger partial charge in [-0.25, -0.2) is 4.79 Å². The van der Waals surface area contributed by atoms with Gasteiger partial charge in [0, 0.05) is 4.47 Å². The third-order valence-corrected chi connectivity index (χ3v) is 5.26. The second-order valence-electron chi connectivity index (χ2n) is 6.20. The van der Waals surface area contributed by atoms with E-state index in [2.05, 4.69) is 20.7 Å². The van der Waals surface area contributed by atoms with Gasteiger partial charge in [-0.3, -0.25) is 19.3 Å². The first-order valence-corrected chi connectivity index (χ1v) is 10.3. The zero-order valence-electron chi connectivity index (χ0n) is 16.7. The van der Waals surface area contributed by atoms with Crippen LogP contribution in [0.3, 0.4) is 0 Å². The van der Waals surface area contributed by atoms with Gasteiger partial charge in [0.1, 0.15) is 6.54 Å². The van der Waals surface area contributed by atoms with E-state index in [1.807, 2.05) is 0 Å². The SMILES string of the molecule is COC(=O)COc1cc(Br)c(/C=C2\SC(=O)N(CC(=O)OC(C)C)C2=O)cc1OC. The number of hydrogen-bond acceptors (Lipinski definition) is 9. The Labute approximate surface area is 185 Å². The molecule has 0 unspecified atom stereocenters. The lowest BCUT2D eigenvalue weighted by Gasteiger charge is -2.13. The number of imide groups is 1. The molecule has 1 aliphatic heterocycles. The number of carbonyl (C=O) groups excluding carboxylic acids is 4. The van der Waals surface area contributed by atoms with Crippen LogP contribution in [0.4, 0.5) is 4.79 Å². The lowest BCUT2D eigenvalue weighted by Crippen LogP contribution is -2.35. The average Bonchev–Trinajstić information content (AvgIpc) is 2.94. The maximum Gasteiger partial charge on any atom is 0.343 e. The maximum atomic E-state index is 12.6. The van der Waals surface area contributed by atoms with Gasteiger partial charge < -0.3 is 18.9 Å². The minimum atomic E-state index is -0.663. The third-order valence-electron chi connectivity index (χ3n) is 3.67. The Kier molecular flexibility index (Phi) is 8.30. The standard InChI is InChI=1S/C19H20BrNO8S/c1-10(2)29-16(22)8-21-18(24)15(30-19(21)25)6-11-5-13(26-3)14(7-12(11)20)28-9-17(23)27-4/h5-7,10H,8-9H2,1-4H3/b15-6-. The number of methoxy groups -OCH3 is 2. The summed E-state index contributed by atoms with van der Waals surface area (Å²) in [4.78, 5) is 48.8. The first kappa shape index (κ1) is 23.7. The molecular weight excluding hydrogens is 482 g/mol. The second-order valence-corrected chi connectivity index (χ2v) is 8.04. The number of amides is 2. The Morgan fingerprint density at radius 2 is 1.87 bits per heavy atom. The monoisotopic (exact) mass is 501 g/mol. The van der Waals surface area contributed by atoms with E-state index < -0.39 is 29.6 Å². The van der Waals surface area contributed by atoms with Crippen LogP contribution in [0.15, 0.2) is 21.5 Å². The molecule has 1 saturated heterocycles. The van der Waals surface area contributed by atoms with Gasteiger partial charge >= 0.3 is 11.9 Å². The van der Waals surface area contributed by atoms with Crippen LogP contribution in [0, 0.1) is 0 Å². The Morgan fingerprint density at radius 1 is 1.17 bits per heavy atom. The van der Waals surface area contributed by atoms with Gasteiger partial charge in [0.25, 0.3) is 11.1 Å². The Balaban J connectivity index is 2.23. The number of thioether (sulfide) groups is 1. The van der Waals surface area contributed by atoms with E-state index >= 15 is 0 Å². The summed E-state index contributed by atoms with van der Waals surface area (Å²) >= 11 is 4.09. The van der Waals surface area contributed by atoms with E-state index in [9.17, 15) is 19.2 Å². The minimum absolute atomic E-state index is 0.142. The zero-order valence-corrected chi connectivity index (χ0v) is 19.1. The molecule has 0 bridgehead atoms. The smallest absolute Gasteiger partial charge is 0.343 e. The van der Waals surface area contributed by atoms with Gasteiger partial charge in [0.2, 0.25) is 0 Å². The summed E-state index contributed by atoms with van der Waals surface area (Å²) in [5.41, 5.74) is 0.535. The van der Waals surface area contributed by atoms with Crippen molar-refractivity contribution in [3.05, 3.63) is 27.1 Å². The maximum absolute atomic E-state index is 12.6. The Bertz CT molecular complexity index is 899. The highest BCUT2D eigenvalue weighted by Gasteiger charge is 2.37. The van der Waals surface area contributed by atoms with Gasteiger partial charge in [-0.05, 0) is 49.4 Å². The molecule has 1 aliphatic rings. The molecule has 2 rings (SSSR count). The first-order chi connectivity index (χ1) is 14.2. The van der Waals surface area contributed by atoms with E-state index in [1.165, 1.54) is 20.3 Å². The van der Waals surface area contributed by atoms with Crippen molar-refractivity contribution in [3.63, 3.8) is 0 Å². The van der Waals surface area contributed by atoms with Crippen LogP contribution >= 0.6 is 27.7 Å². The van der Waals surface area contributed by atoms with Crippen LogP contribution in [0.25, 0.3) is 6.08 Å². The largest absolute Gasteiger partial charge is 0.493 e. The topological polar surface area (TPSA) is 108 Å². The number of hydrogen-bond donors (Lipinski definition) is 0. The summed E-state index contributed by atoms with van der Waals surface area (Å²) in [6.07, 6.45) is 1.14. The summed E-state index contributed by atoms with van der Waals surface area (Å²) in [5.74, 6) is -1.21. The molecule has 0 radical (unpaired) electrons. The molecule has 0 N–H and O–H groups in total. The van der Waals surface area contributed by atoms with Crippen molar-refractivity contribution < 1.29 is 38.1 Å². The van der Waals surface area contributed by atoms with Crippen LogP contribution in [-0.2, 0) is 23.9 Å². The number of rotatable bonds is 8. The van der Waals surface area contributed by atoms with Crippen molar-refractivity contribution in [2.45, 2.75) is 20.0 Å². The van der Waals surface area contributed by atoms with Gasteiger partial charge in [0.05, 0.1) is 25.2 Å². The van der Waals surface area contributed by atoms with Crippen molar-refractivity contribution in [1.29, 1.82) is 0 Å². The fourth-order valence-corrected chi connectivity index (χ4v) is 3.60. The summed E-state index contributed by atoms with van der Waals surface area (Å²) in [7, 11) is 2.67. The van der Waals surface area contributed by atoms with Crippen LogP contribution in [0.1, 0.15) is 19.4 Å². The normalized spacial score (nSPS) is 15.0. The van der Waals surface area contributed by atoms with E-state index in [0.717, 1.165) is 16.7 Å². The molecule has 0 saturated carbocycles. The Hall–Kier alpha value is -2.53. The van der Waals surface area contributed by atoms with E-state index in [0.29, 0.717) is 15.8 Å². The van der Waals surface area contributed by atoms with Crippen molar-refractivity contribution >= 4 is 56.9 Å². The molecule has 1 heterocycles. The van der Waals surface area contributed by atoms with Gasteiger partial charge in [0.15, 0.2) is 18.1 Å². The summed E-state index contributed by atoms with van der Waals surface area (Å²) in [5, 5.41) is -0.562. The predicted molar refractivity (Wildman–Crippen MR) is 112 cm³/mol. The van der Waals surface area contributed by atoms with E-state index in [1.54, 1.807) is 26.0 Å². The highest BCUT2D eigenvalue weighted by atomic mass is 79.9. The zero-order chi connectivity index (χ0) is 22.4. The second kappa shape index (κ2) is 10.5. The van der Waals surface area contributed by atoms with E-state index in [-0.39, 0.29) is 23.4 Å². The number of ether oxygens (including phenoxy) is 4. The molecule has 1 aromatic rings. The molecular formula is C19H20BrNO8S.